The van der Waals surface area contributed by atoms with Crippen molar-refractivity contribution in [1.29, 1.82) is 0 Å². The lowest BCUT2D eigenvalue weighted by molar-refractivity contribution is -0.142. The third-order valence-electron chi connectivity index (χ3n) is 8.57. The Balaban J connectivity index is 1.08. The summed E-state index contributed by atoms with van der Waals surface area (Å²) in [6.07, 6.45) is 7.65. The minimum Gasteiger partial charge on any atom is -0.480 e. The smallest absolute Gasteiger partial charge is 0.329 e. The van der Waals surface area contributed by atoms with Gasteiger partial charge in [-0.15, -0.1) is 0 Å². The first kappa shape index (κ1) is 33.9. The van der Waals surface area contributed by atoms with Crippen molar-refractivity contribution >= 4 is 34.6 Å². The Morgan fingerprint density at radius 3 is 2.33 bits per heavy atom. The molecule has 252 valence electrons. The number of anilines is 3. The normalized spacial score (nSPS) is 16.9. The van der Waals surface area contributed by atoms with Gasteiger partial charge in [-0.1, -0.05) is 0 Å². The second-order valence-corrected chi connectivity index (χ2v) is 12.2. The number of carbonyl (C=O) groups is 1. The van der Waals surface area contributed by atoms with Crippen LogP contribution >= 0.6 is 0 Å². The van der Waals surface area contributed by atoms with Gasteiger partial charge in [0.2, 0.25) is 5.95 Å². The number of methoxy groups -OCH3 is 1. The predicted molar refractivity (Wildman–Crippen MR) is 176 cm³/mol. The van der Waals surface area contributed by atoms with Crippen LogP contribution in [0.5, 0.6) is 0 Å². The Hall–Kier alpha value is -3.43. The molecule has 2 aliphatic heterocycles. The number of carboxylic acids is 1. The summed E-state index contributed by atoms with van der Waals surface area (Å²) in [5, 5.41) is 12.0. The van der Waals surface area contributed by atoms with Gasteiger partial charge in [0, 0.05) is 91.0 Å². The van der Waals surface area contributed by atoms with Crippen LogP contribution in [-0.2, 0) is 25.6 Å². The summed E-state index contributed by atoms with van der Waals surface area (Å²) < 4.78 is 19.0. The highest BCUT2D eigenvalue weighted by molar-refractivity contribution is 5.79. The summed E-state index contributed by atoms with van der Waals surface area (Å²) in [5.74, 6) is 2.10. The van der Waals surface area contributed by atoms with Gasteiger partial charge in [0.15, 0.2) is 0 Å². The average molecular weight is 640 g/mol. The standard InChI is InChI=1S/C32H49N9O5/c1-24(2)41-27-20-29(36-28-6-9-33-32(37-28)40-12-7-25(44-3)8-13-40)34-21-26(27)35-30(41)22-45-18-4-10-38-14-16-39(17-15-38)11-5-19-46-23-31(42)43/h6,9,20-21,24-25H,4-5,7-8,10-19,22-23H2,1-3H3,(H,42,43)(H,33,34,36,37). The van der Waals surface area contributed by atoms with E-state index in [4.69, 9.17) is 29.3 Å². The maximum atomic E-state index is 10.5. The van der Waals surface area contributed by atoms with Crippen LogP contribution in [0.25, 0.3) is 11.0 Å². The second-order valence-electron chi connectivity index (χ2n) is 12.2. The molecule has 0 aromatic carbocycles. The molecule has 3 aromatic rings. The molecule has 0 unspecified atom stereocenters. The third-order valence-corrected chi connectivity index (χ3v) is 8.57. The summed E-state index contributed by atoms with van der Waals surface area (Å²) in [6.45, 7) is 13.5. The van der Waals surface area contributed by atoms with E-state index in [0.29, 0.717) is 43.5 Å². The fourth-order valence-corrected chi connectivity index (χ4v) is 6.13. The zero-order valence-corrected chi connectivity index (χ0v) is 27.4. The van der Waals surface area contributed by atoms with E-state index in [1.807, 2.05) is 12.1 Å². The minimum atomic E-state index is -0.917. The van der Waals surface area contributed by atoms with Crippen molar-refractivity contribution in [2.24, 2.45) is 0 Å². The van der Waals surface area contributed by atoms with Crippen LogP contribution in [-0.4, -0.2) is 131 Å². The number of ether oxygens (including phenoxy) is 3. The van der Waals surface area contributed by atoms with Crippen molar-refractivity contribution in [2.75, 3.05) is 89.5 Å². The van der Waals surface area contributed by atoms with Gasteiger partial charge in [-0.3, -0.25) is 0 Å². The molecule has 46 heavy (non-hydrogen) atoms. The summed E-state index contributed by atoms with van der Waals surface area (Å²) >= 11 is 0. The lowest BCUT2D eigenvalue weighted by Crippen LogP contribution is -2.47. The molecule has 5 rings (SSSR count). The Kier molecular flexibility index (Phi) is 12.5. The Labute approximate surface area is 271 Å². The minimum absolute atomic E-state index is 0.208. The number of carboxylic acid groups (broad SMARTS) is 1. The number of piperazine rings is 1. The van der Waals surface area contributed by atoms with E-state index >= 15 is 0 Å². The maximum absolute atomic E-state index is 10.5. The molecular formula is C32H49N9O5. The molecule has 0 radical (unpaired) electrons. The van der Waals surface area contributed by atoms with Gasteiger partial charge < -0.3 is 43.9 Å². The fourth-order valence-electron chi connectivity index (χ4n) is 6.13. The van der Waals surface area contributed by atoms with Crippen LogP contribution < -0.4 is 10.2 Å². The number of hydrogen-bond acceptors (Lipinski definition) is 12. The summed E-state index contributed by atoms with van der Waals surface area (Å²) in [4.78, 5) is 36.4. The predicted octanol–water partition coefficient (Wildman–Crippen LogP) is 3.18. The molecule has 0 spiro atoms. The molecule has 5 heterocycles. The molecular weight excluding hydrogens is 590 g/mol. The maximum Gasteiger partial charge on any atom is 0.329 e. The van der Waals surface area contributed by atoms with Crippen molar-refractivity contribution in [3.63, 3.8) is 0 Å². The van der Waals surface area contributed by atoms with Crippen LogP contribution in [0.15, 0.2) is 24.5 Å². The van der Waals surface area contributed by atoms with E-state index < -0.39 is 5.97 Å². The molecule has 2 saturated heterocycles. The van der Waals surface area contributed by atoms with E-state index in [0.717, 1.165) is 94.9 Å². The first-order valence-electron chi connectivity index (χ1n) is 16.5. The molecule has 2 aliphatic rings. The van der Waals surface area contributed by atoms with E-state index in [9.17, 15) is 4.79 Å². The van der Waals surface area contributed by atoms with Gasteiger partial charge in [-0.2, -0.15) is 4.98 Å². The molecule has 2 N–H and O–H groups in total. The molecule has 2 fully saturated rings. The first-order chi connectivity index (χ1) is 22.4. The number of imidazole rings is 1. The molecule has 0 saturated carbocycles. The summed E-state index contributed by atoms with van der Waals surface area (Å²) in [6, 6.07) is 4.10. The number of aliphatic carboxylic acids is 1. The largest absolute Gasteiger partial charge is 0.480 e. The zero-order valence-electron chi connectivity index (χ0n) is 27.4. The number of fused-ring (bicyclic) bond motifs is 1. The van der Waals surface area contributed by atoms with E-state index in [1.54, 1.807) is 19.5 Å². The van der Waals surface area contributed by atoms with Crippen LogP contribution in [0.3, 0.4) is 0 Å². The molecule has 3 aromatic heterocycles. The quantitative estimate of drug-likeness (QED) is 0.209. The zero-order chi connectivity index (χ0) is 32.3. The van der Waals surface area contributed by atoms with E-state index in [-0.39, 0.29) is 12.6 Å². The molecule has 0 amide bonds. The highest BCUT2D eigenvalue weighted by atomic mass is 16.5. The van der Waals surface area contributed by atoms with Gasteiger partial charge in [-0.25, -0.2) is 19.7 Å². The Morgan fingerprint density at radius 2 is 1.67 bits per heavy atom. The lowest BCUT2D eigenvalue weighted by atomic mass is 10.1. The van der Waals surface area contributed by atoms with Crippen molar-refractivity contribution in [3.05, 3.63) is 30.4 Å². The lowest BCUT2D eigenvalue weighted by Gasteiger charge is -2.34. The summed E-state index contributed by atoms with van der Waals surface area (Å²) in [5.41, 5.74) is 1.85. The summed E-state index contributed by atoms with van der Waals surface area (Å²) in [7, 11) is 1.77. The monoisotopic (exact) mass is 639 g/mol. The van der Waals surface area contributed by atoms with Crippen molar-refractivity contribution in [3.8, 4) is 0 Å². The SMILES string of the molecule is COC1CCN(c2nccc(Nc3cc4c(cn3)nc(COCCCN3CCN(CCCOCC(=O)O)CC3)n4C(C)C)n2)CC1. The number of aromatic nitrogens is 5. The molecule has 14 heteroatoms. The van der Waals surface area contributed by atoms with Gasteiger partial charge in [-0.05, 0) is 45.6 Å². The Morgan fingerprint density at radius 1 is 0.978 bits per heavy atom. The number of pyridine rings is 1. The molecule has 0 aliphatic carbocycles. The second kappa shape index (κ2) is 16.9. The number of nitrogens with one attached hydrogen (secondary N) is 1. The molecule has 14 nitrogen and oxygen atoms in total. The fraction of sp³-hybridized carbons (Fsp3) is 0.656. The first-order valence-corrected chi connectivity index (χ1v) is 16.5. The van der Waals surface area contributed by atoms with Gasteiger partial charge >= 0.3 is 5.97 Å². The van der Waals surface area contributed by atoms with Gasteiger partial charge in [0.25, 0.3) is 0 Å². The highest BCUT2D eigenvalue weighted by Crippen LogP contribution is 2.25. The number of hydrogen-bond donors (Lipinski definition) is 2. The van der Waals surface area contributed by atoms with E-state index in [2.05, 4.69) is 48.4 Å². The van der Waals surface area contributed by atoms with Crippen LogP contribution in [0.2, 0.25) is 0 Å². The van der Waals surface area contributed by atoms with Crippen molar-refractivity contribution < 1.29 is 24.1 Å². The average Bonchev–Trinajstić information content (AvgIpc) is 3.43. The van der Waals surface area contributed by atoms with Gasteiger partial charge in [0.05, 0.1) is 17.8 Å². The Bertz CT molecular complexity index is 1390. The van der Waals surface area contributed by atoms with Crippen molar-refractivity contribution in [2.45, 2.75) is 58.3 Å². The third kappa shape index (κ3) is 9.55. The van der Waals surface area contributed by atoms with Crippen molar-refractivity contribution in [1.82, 2.24) is 34.3 Å². The number of nitrogens with zero attached hydrogens (tertiary/aromatic N) is 8. The van der Waals surface area contributed by atoms with Crippen LogP contribution in [0, 0.1) is 0 Å². The topological polar surface area (TPSA) is 143 Å². The van der Waals surface area contributed by atoms with Gasteiger partial charge in [0.1, 0.15) is 36.2 Å². The number of piperidine rings is 1. The molecule has 0 atom stereocenters. The van der Waals surface area contributed by atoms with Crippen LogP contribution in [0.4, 0.5) is 17.6 Å². The number of rotatable bonds is 17. The molecule has 0 bridgehead atoms. The highest BCUT2D eigenvalue weighted by Gasteiger charge is 2.21. The van der Waals surface area contributed by atoms with E-state index in [1.165, 1.54) is 0 Å². The van der Waals surface area contributed by atoms with Crippen LogP contribution in [0.1, 0.15) is 51.4 Å².